The van der Waals surface area contributed by atoms with Gasteiger partial charge in [0.05, 0.1) is 15.9 Å². The lowest BCUT2D eigenvalue weighted by Crippen LogP contribution is -2.30. The summed E-state index contributed by atoms with van der Waals surface area (Å²) in [6.07, 6.45) is 2.50. The van der Waals surface area contributed by atoms with Gasteiger partial charge in [0.25, 0.3) is 5.69 Å². The minimum atomic E-state index is -0.707. The topological polar surface area (TPSA) is 127 Å². The third-order valence-corrected chi connectivity index (χ3v) is 3.40. The Morgan fingerprint density at radius 1 is 1.09 bits per heavy atom. The molecule has 0 saturated heterocycles. The minimum Gasteiger partial charge on any atom is -0.305 e. The number of rotatable bonds is 5. The molecular formula is C14H16N4O5. The first kappa shape index (κ1) is 16.4. The van der Waals surface area contributed by atoms with Gasteiger partial charge in [-0.3, -0.25) is 30.4 Å². The van der Waals surface area contributed by atoms with Crippen LogP contribution in [0.4, 0.5) is 17.1 Å². The Morgan fingerprint density at radius 3 is 2.35 bits per heavy atom. The van der Waals surface area contributed by atoms with Gasteiger partial charge in [-0.1, -0.05) is 13.8 Å². The fourth-order valence-corrected chi connectivity index (χ4v) is 2.46. The second-order valence-corrected chi connectivity index (χ2v) is 6.12. The molecule has 0 heterocycles. The summed E-state index contributed by atoms with van der Waals surface area (Å²) in [7, 11) is 0. The van der Waals surface area contributed by atoms with Gasteiger partial charge in [0.15, 0.2) is 5.78 Å². The number of hydrazine groups is 1. The number of hydrogen-bond donors (Lipinski definition) is 2. The maximum atomic E-state index is 11.7. The van der Waals surface area contributed by atoms with E-state index in [2.05, 4.69) is 10.9 Å². The number of nitro groups is 2. The summed E-state index contributed by atoms with van der Waals surface area (Å²) < 4.78 is 0. The fourth-order valence-electron chi connectivity index (χ4n) is 2.46. The summed E-state index contributed by atoms with van der Waals surface area (Å²) in [5, 5.41) is 21.7. The standard InChI is InChI=1S/C14H16N4O5/c1-14(2)7-9(5-11(19)8-14)15-16-12-4-3-10(17(20)21)6-13(12)18(22)23/h3-6,15-16H,7-8H2,1-2H3. The van der Waals surface area contributed by atoms with E-state index < -0.39 is 15.5 Å². The van der Waals surface area contributed by atoms with Crippen molar-refractivity contribution < 1.29 is 14.6 Å². The van der Waals surface area contributed by atoms with Crippen LogP contribution in [0.3, 0.4) is 0 Å². The molecule has 0 aromatic heterocycles. The highest BCUT2D eigenvalue weighted by Gasteiger charge is 2.28. The van der Waals surface area contributed by atoms with Gasteiger partial charge in [0.2, 0.25) is 0 Å². The quantitative estimate of drug-likeness (QED) is 0.630. The monoisotopic (exact) mass is 320 g/mol. The Labute approximate surface area is 131 Å². The molecule has 9 nitrogen and oxygen atoms in total. The molecule has 0 unspecified atom stereocenters. The Balaban J connectivity index is 2.19. The Morgan fingerprint density at radius 2 is 1.78 bits per heavy atom. The minimum absolute atomic E-state index is 0.0243. The highest BCUT2D eigenvalue weighted by molar-refractivity contribution is 5.91. The summed E-state index contributed by atoms with van der Waals surface area (Å²) in [5.74, 6) is -0.0243. The van der Waals surface area contributed by atoms with Crippen molar-refractivity contribution in [1.29, 1.82) is 0 Å². The smallest absolute Gasteiger partial charge is 0.300 e. The number of nitrogens with zero attached hydrogens (tertiary/aromatic N) is 2. The maximum Gasteiger partial charge on any atom is 0.300 e. The van der Waals surface area contributed by atoms with Crippen molar-refractivity contribution in [2.45, 2.75) is 26.7 Å². The Bertz CT molecular complexity index is 711. The van der Waals surface area contributed by atoms with Crippen LogP contribution in [0.2, 0.25) is 0 Å². The van der Waals surface area contributed by atoms with E-state index >= 15 is 0 Å². The molecule has 2 N–H and O–H groups in total. The predicted octanol–water partition coefficient (Wildman–Crippen LogP) is 2.69. The lowest BCUT2D eigenvalue weighted by molar-refractivity contribution is -0.393. The molecule has 0 atom stereocenters. The Hall–Kier alpha value is -2.97. The van der Waals surface area contributed by atoms with E-state index in [0.717, 1.165) is 6.07 Å². The zero-order chi connectivity index (χ0) is 17.2. The van der Waals surface area contributed by atoms with Crippen LogP contribution in [0.5, 0.6) is 0 Å². The molecule has 0 saturated carbocycles. The molecule has 23 heavy (non-hydrogen) atoms. The second kappa shape index (κ2) is 6.03. The third-order valence-electron chi connectivity index (χ3n) is 3.40. The summed E-state index contributed by atoms with van der Waals surface area (Å²) in [6, 6.07) is 3.30. The van der Waals surface area contributed by atoms with Crippen molar-refractivity contribution in [2.24, 2.45) is 5.41 Å². The van der Waals surface area contributed by atoms with Crippen molar-refractivity contribution in [3.63, 3.8) is 0 Å². The highest BCUT2D eigenvalue weighted by atomic mass is 16.6. The fraction of sp³-hybridized carbons (Fsp3) is 0.357. The van der Waals surface area contributed by atoms with Gasteiger partial charge < -0.3 is 5.43 Å². The van der Waals surface area contributed by atoms with Crippen LogP contribution >= 0.6 is 0 Å². The number of carbonyl (C=O) groups is 1. The van der Waals surface area contributed by atoms with Crippen LogP contribution in [-0.4, -0.2) is 15.6 Å². The van der Waals surface area contributed by atoms with Crippen LogP contribution in [0.15, 0.2) is 30.0 Å². The molecule has 2 rings (SSSR count). The van der Waals surface area contributed by atoms with Gasteiger partial charge in [-0.2, -0.15) is 0 Å². The summed E-state index contributed by atoms with van der Waals surface area (Å²) >= 11 is 0. The Kier molecular flexibility index (Phi) is 4.30. The number of anilines is 1. The molecule has 0 radical (unpaired) electrons. The predicted molar refractivity (Wildman–Crippen MR) is 82.6 cm³/mol. The van der Waals surface area contributed by atoms with Crippen molar-refractivity contribution in [1.82, 2.24) is 5.43 Å². The second-order valence-electron chi connectivity index (χ2n) is 6.12. The number of non-ortho nitro benzene ring substituents is 1. The van der Waals surface area contributed by atoms with Gasteiger partial charge in [-0.15, -0.1) is 0 Å². The van der Waals surface area contributed by atoms with Crippen LogP contribution in [-0.2, 0) is 4.79 Å². The van der Waals surface area contributed by atoms with E-state index in [9.17, 15) is 25.0 Å². The zero-order valence-corrected chi connectivity index (χ0v) is 12.7. The van der Waals surface area contributed by atoms with E-state index in [1.165, 1.54) is 18.2 Å². The van der Waals surface area contributed by atoms with E-state index in [1.807, 2.05) is 13.8 Å². The molecule has 1 aromatic carbocycles. The third kappa shape index (κ3) is 4.02. The van der Waals surface area contributed by atoms with Gasteiger partial charge in [-0.25, -0.2) is 0 Å². The van der Waals surface area contributed by atoms with Gasteiger partial charge >= 0.3 is 5.69 Å². The van der Waals surface area contributed by atoms with Crippen molar-refractivity contribution in [3.8, 4) is 0 Å². The van der Waals surface area contributed by atoms with Crippen molar-refractivity contribution in [3.05, 3.63) is 50.2 Å². The number of allylic oxidation sites excluding steroid dienone is 2. The first-order valence-corrected chi connectivity index (χ1v) is 6.86. The van der Waals surface area contributed by atoms with Crippen molar-refractivity contribution >= 4 is 22.8 Å². The normalized spacial score (nSPS) is 16.4. The molecule has 1 aliphatic rings. The van der Waals surface area contributed by atoms with E-state index in [4.69, 9.17) is 0 Å². The summed E-state index contributed by atoms with van der Waals surface area (Å²) in [5.41, 5.74) is 5.14. The van der Waals surface area contributed by atoms with E-state index in [-0.39, 0.29) is 22.6 Å². The average molecular weight is 320 g/mol. The first-order chi connectivity index (χ1) is 10.7. The van der Waals surface area contributed by atoms with Gasteiger partial charge in [0.1, 0.15) is 5.69 Å². The molecule has 0 spiro atoms. The van der Waals surface area contributed by atoms with Gasteiger partial charge in [0, 0.05) is 24.3 Å². The maximum absolute atomic E-state index is 11.7. The average Bonchev–Trinajstić information content (AvgIpc) is 2.42. The molecule has 1 aliphatic carbocycles. The largest absolute Gasteiger partial charge is 0.305 e. The molecule has 122 valence electrons. The number of benzene rings is 1. The van der Waals surface area contributed by atoms with E-state index in [0.29, 0.717) is 18.5 Å². The number of nitro benzene ring substituents is 2. The number of hydrogen-bond acceptors (Lipinski definition) is 7. The summed E-state index contributed by atoms with van der Waals surface area (Å²) in [6.45, 7) is 3.90. The highest BCUT2D eigenvalue weighted by Crippen LogP contribution is 2.33. The summed E-state index contributed by atoms with van der Waals surface area (Å²) in [4.78, 5) is 32.0. The number of ketones is 1. The van der Waals surface area contributed by atoms with Crippen LogP contribution in [0, 0.1) is 25.6 Å². The van der Waals surface area contributed by atoms with Gasteiger partial charge in [-0.05, 0) is 17.9 Å². The molecule has 0 bridgehead atoms. The molecule has 0 amide bonds. The van der Waals surface area contributed by atoms with Crippen LogP contribution in [0.1, 0.15) is 26.7 Å². The lowest BCUT2D eigenvalue weighted by Gasteiger charge is -2.29. The zero-order valence-electron chi connectivity index (χ0n) is 12.7. The SMILES string of the molecule is CC1(C)CC(=O)C=C(NNc2ccc([N+](=O)[O-])cc2[N+](=O)[O-])C1. The number of nitrogens with one attached hydrogen (secondary N) is 2. The molecule has 0 fully saturated rings. The van der Waals surface area contributed by atoms with Crippen molar-refractivity contribution in [2.75, 3.05) is 5.43 Å². The van der Waals surface area contributed by atoms with E-state index in [1.54, 1.807) is 0 Å². The molecular weight excluding hydrogens is 304 g/mol. The molecule has 9 heteroatoms. The number of carbonyl (C=O) groups excluding carboxylic acids is 1. The molecule has 1 aromatic rings. The van der Waals surface area contributed by atoms with Crippen LogP contribution in [0.25, 0.3) is 0 Å². The lowest BCUT2D eigenvalue weighted by atomic mass is 9.79. The first-order valence-electron chi connectivity index (χ1n) is 6.86. The van der Waals surface area contributed by atoms with Crippen LogP contribution < -0.4 is 10.9 Å². The molecule has 0 aliphatic heterocycles.